The van der Waals surface area contributed by atoms with Crippen molar-refractivity contribution in [2.45, 2.75) is 44.1 Å². The lowest BCUT2D eigenvalue weighted by Gasteiger charge is -2.32. The maximum Gasteiger partial charge on any atom is 0.321 e. The van der Waals surface area contributed by atoms with Gasteiger partial charge in [0.25, 0.3) is 0 Å². The van der Waals surface area contributed by atoms with E-state index in [1.807, 2.05) is 0 Å². The average Bonchev–Trinajstić information content (AvgIpc) is 3.25. The summed E-state index contributed by atoms with van der Waals surface area (Å²) >= 11 is 0. The van der Waals surface area contributed by atoms with Crippen molar-refractivity contribution in [1.29, 1.82) is 0 Å². The van der Waals surface area contributed by atoms with Crippen molar-refractivity contribution < 1.29 is 23.2 Å². The van der Waals surface area contributed by atoms with Gasteiger partial charge in [-0.3, -0.25) is 0 Å². The number of nitrogens with one attached hydrogen (secondary N) is 1. The van der Waals surface area contributed by atoms with Gasteiger partial charge in [-0.1, -0.05) is 17.3 Å². The van der Waals surface area contributed by atoms with E-state index in [1.165, 1.54) is 6.07 Å². The van der Waals surface area contributed by atoms with Crippen LogP contribution in [0.5, 0.6) is 0 Å². The van der Waals surface area contributed by atoms with Gasteiger partial charge >= 0.3 is 6.03 Å². The molecule has 1 aromatic carbocycles. The summed E-state index contributed by atoms with van der Waals surface area (Å²) in [4.78, 5) is 18.5. The number of ether oxygens (including phenoxy) is 2. The first-order valence-corrected chi connectivity index (χ1v) is 10.5. The topological polar surface area (TPSA) is 89.7 Å². The lowest BCUT2D eigenvalue weighted by molar-refractivity contribution is 0.0168. The zero-order chi connectivity index (χ0) is 20.8. The minimum atomic E-state index is -0.439. The molecule has 1 aromatic heterocycles. The number of benzene rings is 1. The number of hydrogen-bond acceptors (Lipinski definition) is 6. The maximum absolute atomic E-state index is 13.7. The number of amides is 2. The van der Waals surface area contributed by atoms with Gasteiger partial charge in [0.1, 0.15) is 5.82 Å². The number of anilines is 1. The second kappa shape index (κ2) is 9.99. The number of piperidine rings is 1. The summed E-state index contributed by atoms with van der Waals surface area (Å²) in [6.45, 7) is 3.13. The smallest absolute Gasteiger partial charge is 0.321 e. The van der Waals surface area contributed by atoms with Crippen LogP contribution in [0.25, 0.3) is 0 Å². The van der Waals surface area contributed by atoms with Gasteiger partial charge in [-0.05, 0) is 37.8 Å². The molecule has 0 radical (unpaired) electrons. The molecule has 0 aliphatic carbocycles. The summed E-state index contributed by atoms with van der Waals surface area (Å²) < 4.78 is 30.4. The number of likely N-dealkylation sites (tertiary alicyclic amines) is 1. The van der Waals surface area contributed by atoms with Crippen LogP contribution in [0, 0.1) is 5.82 Å². The fourth-order valence-electron chi connectivity index (χ4n) is 3.78. The molecule has 0 saturated carbocycles. The van der Waals surface area contributed by atoms with E-state index in [4.69, 9.17) is 14.0 Å². The molecule has 0 spiro atoms. The van der Waals surface area contributed by atoms with Gasteiger partial charge < -0.3 is 24.2 Å². The quantitative estimate of drug-likeness (QED) is 0.774. The first-order valence-electron chi connectivity index (χ1n) is 10.5. The van der Waals surface area contributed by atoms with Gasteiger partial charge in [0.2, 0.25) is 5.89 Å². The van der Waals surface area contributed by atoms with Gasteiger partial charge in [0.15, 0.2) is 5.82 Å². The molecule has 2 fully saturated rings. The molecule has 2 amide bonds. The number of urea groups is 1. The SMILES string of the molecule is O=C(Nc1ccccc1F)N1CCC(OCCc2noc(C3CCOCC3)n2)CC1. The standard InChI is InChI=1S/C21H27FN4O4/c22-17-3-1-2-4-18(17)23-21(27)26-10-5-16(6-11-26)29-14-9-19-24-20(30-25-19)15-7-12-28-13-8-15/h1-4,15-16H,5-14H2,(H,23,27). The third-order valence-corrected chi connectivity index (χ3v) is 5.58. The van der Waals surface area contributed by atoms with Gasteiger partial charge in [0.05, 0.1) is 18.4 Å². The predicted molar refractivity (Wildman–Crippen MR) is 107 cm³/mol. The second-order valence-electron chi connectivity index (χ2n) is 7.65. The maximum atomic E-state index is 13.7. The molecule has 0 bridgehead atoms. The Morgan fingerprint density at radius 2 is 1.97 bits per heavy atom. The molecule has 162 valence electrons. The van der Waals surface area contributed by atoms with E-state index in [-0.39, 0.29) is 17.8 Å². The Hall–Kier alpha value is -2.52. The van der Waals surface area contributed by atoms with Gasteiger partial charge in [0, 0.05) is 38.6 Å². The summed E-state index contributed by atoms with van der Waals surface area (Å²) in [7, 11) is 0. The zero-order valence-electron chi connectivity index (χ0n) is 16.9. The highest BCUT2D eigenvalue weighted by Crippen LogP contribution is 2.25. The van der Waals surface area contributed by atoms with Crippen molar-refractivity contribution in [3.8, 4) is 0 Å². The Morgan fingerprint density at radius 1 is 1.20 bits per heavy atom. The van der Waals surface area contributed by atoms with Gasteiger partial charge in [-0.15, -0.1) is 0 Å². The number of hydrogen-bond donors (Lipinski definition) is 1. The van der Waals surface area contributed by atoms with Crippen molar-refractivity contribution in [3.05, 3.63) is 41.8 Å². The summed E-state index contributed by atoms with van der Waals surface area (Å²) in [5.41, 5.74) is 0.195. The molecule has 8 nitrogen and oxygen atoms in total. The van der Waals surface area contributed by atoms with Crippen LogP contribution >= 0.6 is 0 Å². The highest BCUT2D eigenvalue weighted by Gasteiger charge is 2.25. The normalized spacial score (nSPS) is 18.5. The Balaban J connectivity index is 1.16. The highest BCUT2D eigenvalue weighted by molar-refractivity contribution is 5.89. The summed E-state index contributed by atoms with van der Waals surface area (Å²) in [5, 5.41) is 6.68. The summed E-state index contributed by atoms with van der Waals surface area (Å²) in [6, 6.07) is 5.87. The monoisotopic (exact) mass is 418 g/mol. The minimum Gasteiger partial charge on any atom is -0.381 e. The number of carbonyl (C=O) groups excluding carboxylic acids is 1. The molecular formula is C21H27FN4O4. The van der Waals surface area contributed by atoms with E-state index in [9.17, 15) is 9.18 Å². The van der Waals surface area contributed by atoms with E-state index in [0.717, 1.165) is 38.9 Å². The fraction of sp³-hybridized carbons (Fsp3) is 0.571. The third-order valence-electron chi connectivity index (χ3n) is 5.58. The van der Waals surface area contributed by atoms with E-state index in [0.29, 0.717) is 43.8 Å². The van der Waals surface area contributed by atoms with Crippen LogP contribution in [0.4, 0.5) is 14.9 Å². The van der Waals surface area contributed by atoms with Crippen LogP contribution in [0.15, 0.2) is 28.8 Å². The molecule has 30 heavy (non-hydrogen) atoms. The lowest BCUT2D eigenvalue weighted by atomic mass is 10.0. The number of carbonyl (C=O) groups is 1. The van der Waals surface area contributed by atoms with Crippen molar-refractivity contribution in [3.63, 3.8) is 0 Å². The molecule has 2 aliphatic rings. The van der Waals surface area contributed by atoms with Crippen molar-refractivity contribution in [1.82, 2.24) is 15.0 Å². The predicted octanol–water partition coefficient (Wildman–Crippen LogP) is 3.36. The van der Waals surface area contributed by atoms with Gasteiger partial charge in [-0.2, -0.15) is 4.98 Å². The second-order valence-corrected chi connectivity index (χ2v) is 7.65. The molecular weight excluding hydrogens is 391 g/mol. The molecule has 0 unspecified atom stereocenters. The Bertz CT molecular complexity index is 832. The molecule has 1 N–H and O–H groups in total. The van der Waals surface area contributed by atoms with Crippen LogP contribution in [0.2, 0.25) is 0 Å². The molecule has 2 aromatic rings. The van der Waals surface area contributed by atoms with Crippen LogP contribution in [0.1, 0.15) is 43.3 Å². The van der Waals surface area contributed by atoms with E-state index < -0.39 is 5.82 Å². The first kappa shape index (κ1) is 20.7. The van der Waals surface area contributed by atoms with Crippen molar-refractivity contribution in [2.75, 3.05) is 38.2 Å². The zero-order valence-corrected chi connectivity index (χ0v) is 16.9. The van der Waals surface area contributed by atoms with Crippen LogP contribution < -0.4 is 5.32 Å². The van der Waals surface area contributed by atoms with Crippen LogP contribution in [-0.2, 0) is 15.9 Å². The molecule has 2 saturated heterocycles. The Labute approximate surface area is 174 Å². The number of rotatable bonds is 6. The summed E-state index contributed by atoms with van der Waals surface area (Å²) in [6.07, 6.45) is 4.00. The fourth-order valence-corrected chi connectivity index (χ4v) is 3.78. The number of para-hydroxylation sites is 1. The van der Waals surface area contributed by atoms with Crippen molar-refractivity contribution >= 4 is 11.7 Å². The number of halogens is 1. The van der Waals surface area contributed by atoms with Crippen LogP contribution in [0.3, 0.4) is 0 Å². The van der Waals surface area contributed by atoms with Gasteiger partial charge in [-0.25, -0.2) is 9.18 Å². The molecule has 2 aliphatic heterocycles. The molecule has 3 heterocycles. The average molecular weight is 418 g/mol. The number of nitrogens with zero attached hydrogens (tertiary/aromatic N) is 3. The molecule has 9 heteroatoms. The highest BCUT2D eigenvalue weighted by atomic mass is 19.1. The largest absolute Gasteiger partial charge is 0.381 e. The third kappa shape index (κ3) is 5.34. The first-order chi connectivity index (χ1) is 14.7. The molecule has 0 atom stereocenters. The van der Waals surface area contributed by atoms with E-state index in [1.54, 1.807) is 23.1 Å². The Kier molecular flexibility index (Phi) is 6.91. The summed E-state index contributed by atoms with van der Waals surface area (Å²) in [5.74, 6) is 1.21. The van der Waals surface area contributed by atoms with E-state index in [2.05, 4.69) is 15.5 Å². The number of aromatic nitrogens is 2. The molecule has 4 rings (SSSR count). The van der Waals surface area contributed by atoms with E-state index >= 15 is 0 Å². The lowest BCUT2D eigenvalue weighted by Crippen LogP contribution is -2.43. The Morgan fingerprint density at radius 3 is 2.73 bits per heavy atom. The van der Waals surface area contributed by atoms with Crippen molar-refractivity contribution in [2.24, 2.45) is 0 Å². The van der Waals surface area contributed by atoms with Crippen LogP contribution in [-0.4, -0.2) is 60.1 Å². The minimum absolute atomic E-state index is 0.0874.